The summed E-state index contributed by atoms with van der Waals surface area (Å²) in [5.41, 5.74) is 0.872. The van der Waals surface area contributed by atoms with E-state index < -0.39 is 10.0 Å². The van der Waals surface area contributed by atoms with Gasteiger partial charge in [0, 0.05) is 0 Å². The highest BCUT2D eigenvalue weighted by Crippen LogP contribution is 2.17. The predicted octanol–water partition coefficient (Wildman–Crippen LogP) is 0.946. The molecule has 0 saturated carbocycles. The third-order valence-corrected chi connectivity index (χ3v) is 5.12. The molecule has 6 nitrogen and oxygen atoms in total. The molecular formula is C14H22ClN3O3S. The van der Waals surface area contributed by atoms with Gasteiger partial charge >= 0.3 is 0 Å². The van der Waals surface area contributed by atoms with Gasteiger partial charge in [0.15, 0.2) is 0 Å². The zero-order valence-electron chi connectivity index (χ0n) is 12.6. The fourth-order valence-corrected chi connectivity index (χ4v) is 3.09. The number of halogens is 1. The van der Waals surface area contributed by atoms with E-state index >= 15 is 0 Å². The van der Waals surface area contributed by atoms with Gasteiger partial charge in [-0.05, 0) is 51.1 Å². The maximum atomic E-state index is 12.0. The number of amides is 1. The van der Waals surface area contributed by atoms with Crippen LogP contribution in [0.4, 0.5) is 0 Å². The largest absolute Gasteiger partial charge is 0.348 e. The Labute approximate surface area is 137 Å². The molecule has 1 fully saturated rings. The summed E-state index contributed by atoms with van der Waals surface area (Å²) < 4.78 is 25.6. The zero-order valence-corrected chi connectivity index (χ0v) is 14.3. The van der Waals surface area contributed by atoms with Gasteiger partial charge in [-0.3, -0.25) is 4.79 Å². The molecule has 1 saturated heterocycles. The Balaban J connectivity index is 0.00000242. The van der Waals surface area contributed by atoms with Crippen LogP contribution in [0.1, 0.15) is 31.4 Å². The Kier molecular flexibility index (Phi) is 6.80. The molecule has 2 atom stereocenters. The van der Waals surface area contributed by atoms with Crippen molar-refractivity contribution in [3.63, 3.8) is 0 Å². The van der Waals surface area contributed by atoms with E-state index in [1.807, 2.05) is 6.92 Å². The lowest BCUT2D eigenvalue weighted by atomic mass is 10.1. The number of benzene rings is 1. The van der Waals surface area contributed by atoms with Crippen molar-refractivity contribution in [2.75, 3.05) is 13.6 Å². The summed E-state index contributed by atoms with van der Waals surface area (Å²) in [5, 5.41) is 6.09. The lowest BCUT2D eigenvalue weighted by molar-refractivity contribution is -0.123. The second kappa shape index (κ2) is 7.92. The average Bonchev–Trinajstić information content (AvgIpc) is 3.01. The van der Waals surface area contributed by atoms with Gasteiger partial charge in [0.1, 0.15) is 0 Å². The summed E-state index contributed by atoms with van der Waals surface area (Å²) in [6.07, 6.45) is 1.88. The van der Waals surface area contributed by atoms with E-state index in [0.29, 0.717) is 0 Å². The van der Waals surface area contributed by atoms with Gasteiger partial charge in [-0.2, -0.15) is 0 Å². The predicted molar refractivity (Wildman–Crippen MR) is 87.5 cm³/mol. The molecule has 1 heterocycles. The lowest BCUT2D eigenvalue weighted by Crippen LogP contribution is -2.41. The molecule has 3 N–H and O–H groups in total. The molecule has 124 valence electrons. The summed E-state index contributed by atoms with van der Waals surface area (Å²) >= 11 is 0. The van der Waals surface area contributed by atoms with Gasteiger partial charge in [-0.1, -0.05) is 12.1 Å². The van der Waals surface area contributed by atoms with Crippen LogP contribution in [0.5, 0.6) is 0 Å². The highest BCUT2D eigenvalue weighted by atomic mass is 35.5. The molecule has 0 bridgehead atoms. The van der Waals surface area contributed by atoms with Crippen LogP contribution >= 0.6 is 12.4 Å². The second-order valence-corrected chi connectivity index (χ2v) is 7.04. The van der Waals surface area contributed by atoms with Crippen LogP contribution in [0.15, 0.2) is 29.2 Å². The third-order valence-electron chi connectivity index (χ3n) is 3.69. The smallest absolute Gasteiger partial charge is 0.240 e. The van der Waals surface area contributed by atoms with E-state index in [1.54, 1.807) is 12.1 Å². The number of sulfonamides is 1. The molecule has 0 spiro atoms. The summed E-state index contributed by atoms with van der Waals surface area (Å²) in [6, 6.07) is 6.24. The minimum Gasteiger partial charge on any atom is -0.348 e. The van der Waals surface area contributed by atoms with Gasteiger partial charge in [0.25, 0.3) is 0 Å². The highest BCUT2D eigenvalue weighted by Gasteiger charge is 2.23. The fourth-order valence-electron chi connectivity index (χ4n) is 2.36. The van der Waals surface area contributed by atoms with E-state index in [2.05, 4.69) is 15.4 Å². The van der Waals surface area contributed by atoms with Crippen LogP contribution in [0.25, 0.3) is 0 Å². The van der Waals surface area contributed by atoms with E-state index in [0.717, 1.165) is 24.9 Å². The quantitative estimate of drug-likeness (QED) is 0.740. The summed E-state index contributed by atoms with van der Waals surface area (Å²) in [7, 11) is -2.05. The van der Waals surface area contributed by atoms with Gasteiger partial charge in [-0.15, -0.1) is 12.4 Å². The van der Waals surface area contributed by atoms with E-state index in [-0.39, 0.29) is 35.3 Å². The minimum absolute atomic E-state index is 0. The molecule has 1 aromatic carbocycles. The Bertz CT molecular complexity index is 598. The Morgan fingerprint density at radius 2 is 1.95 bits per heavy atom. The van der Waals surface area contributed by atoms with Gasteiger partial charge < -0.3 is 10.6 Å². The Morgan fingerprint density at radius 1 is 1.32 bits per heavy atom. The fraction of sp³-hybridized carbons (Fsp3) is 0.500. The molecule has 0 aliphatic carbocycles. The first kappa shape index (κ1) is 18.9. The van der Waals surface area contributed by atoms with E-state index in [4.69, 9.17) is 0 Å². The van der Waals surface area contributed by atoms with Gasteiger partial charge in [0.05, 0.1) is 17.0 Å². The summed E-state index contributed by atoms with van der Waals surface area (Å²) in [6.45, 7) is 2.76. The van der Waals surface area contributed by atoms with E-state index in [1.165, 1.54) is 19.2 Å². The molecule has 2 unspecified atom stereocenters. The third kappa shape index (κ3) is 4.42. The van der Waals surface area contributed by atoms with Crippen molar-refractivity contribution < 1.29 is 13.2 Å². The maximum Gasteiger partial charge on any atom is 0.240 e. The van der Waals surface area contributed by atoms with Gasteiger partial charge in [-0.25, -0.2) is 13.1 Å². The molecule has 1 aliphatic heterocycles. The van der Waals surface area contributed by atoms with Crippen molar-refractivity contribution in [1.82, 2.24) is 15.4 Å². The van der Waals surface area contributed by atoms with Gasteiger partial charge in [0.2, 0.25) is 15.9 Å². The van der Waals surface area contributed by atoms with Crippen molar-refractivity contribution in [1.29, 1.82) is 0 Å². The number of hydrogen-bond donors (Lipinski definition) is 3. The first-order valence-corrected chi connectivity index (χ1v) is 8.49. The molecule has 1 aromatic rings. The SMILES string of the molecule is CNS(=O)(=O)c1ccc(C(C)NC(=O)C2CCCN2)cc1.Cl. The number of carbonyl (C=O) groups excluding carboxylic acids is 1. The number of nitrogens with one attached hydrogen (secondary N) is 3. The molecule has 2 rings (SSSR count). The first-order valence-electron chi connectivity index (χ1n) is 7.01. The molecule has 0 radical (unpaired) electrons. The summed E-state index contributed by atoms with van der Waals surface area (Å²) in [5.74, 6) is -0.00748. The normalized spacial score (nSPS) is 19.3. The standard InChI is InChI=1S/C14H21N3O3S.ClH/c1-10(17-14(18)13-4-3-9-16-13)11-5-7-12(8-6-11)21(19,20)15-2;/h5-8,10,13,15-16H,3-4,9H2,1-2H3,(H,17,18);1H. The molecule has 1 aliphatic rings. The van der Waals surface area contributed by atoms with Crippen molar-refractivity contribution in [2.45, 2.75) is 36.7 Å². The van der Waals surface area contributed by atoms with E-state index in [9.17, 15) is 13.2 Å². The first-order chi connectivity index (χ1) is 9.94. The van der Waals surface area contributed by atoms with Crippen molar-refractivity contribution in [2.24, 2.45) is 0 Å². The van der Waals surface area contributed by atoms with Crippen molar-refractivity contribution in [3.8, 4) is 0 Å². The van der Waals surface area contributed by atoms with Crippen LogP contribution in [-0.2, 0) is 14.8 Å². The molecule has 8 heteroatoms. The van der Waals surface area contributed by atoms with Crippen LogP contribution in [0, 0.1) is 0 Å². The van der Waals surface area contributed by atoms with Crippen molar-refractivity contribution >= 4 is 28.3 Å². The average molecular weight is 348 g/mol. The minimum atomic E-state index is -3.42. The Morgan fingerprint density at radius 3 is 2.45 bits per heavy atom. The lowest BCUT2D eigenvalue weighted by Gasteiger charge is -2.18. The zero-order chi connectivity index (χ0) is 15.5. The van der Waals surface area contributed by atoms with Crippen molar-refractivity contribution in [3.05, 3.63) is 29.8 Å². The number of carbonyl (C=O) groups is 1. The molecular weight excluding hydrogens is 326 g/mol. The Hall–Kier alpha value is -1.15. The highest BCUT2D eigenvalue weighted by molar-refractivity contribution is 7.89. The summed E-state index contributed by atoms with van der Waals surface area (Å²) in [4.78, 5) is 12.2. The number of hydrogen-bond acceptors (Lipinski definition) is 4. The molecule has 22 heavy (non-hydrogen) atoms. The van der Waals surface area contributed by atoms with Crippen LogP contribution in [0.2, 0.25) is 0 Å². The topological polar surface area (TPSA) is 87.3 Å². The maximum absolute atomic E-state index is 12.0. The number of rotatable bonds is 5. The van der Waals surface area contributed by atoms with Crippen LogP contribution < -0.4 is 15.4 Å². The second-order valence-electron chi connectivity index (χ2n) is 5.16. The van der Waals surface area contributed by atoms with Crippen LogP contribution in [0.3, 0.4) is 0 Å². The molecule has 1 amide bonds. The molecule has 0 aromatic heterocycles. The monoisotopic (exact) mass is 347 g/mol. The van der Waals surface area contributed by atoms with Crippen LogP contribution in [-0.4, -0.2) is 34.0 Å².